The Labute approximate surface area is 175 Å². The van der Waals surface area contributed by atoms with Gasteiger partial charge in [0.05, 0.1) is 17.4 Å². The van der Waals surface area contributed by atoms with Crippen LogP contribution in [-0.4, -0.2) is 24.9 Å². The number of thiophene rings is 1. The lowest BCUT2D eigenvalue weighted by Gasteiger charge is -2.06. The van der Waals surface area contributed by atoms with Gasteiger partial charge in [0.1, 0.15) is 5.25 Å². The highest BCUT2D eigenvalue weighted by Crippen LogP contribution is 2.31. The van der Waals surface area contributed by atoms with E-state index in [1.165, 1.54) is 0 Å². The number of furan rings is 1. The van der Waals surface area contributed by atoms with Gasteiger partial charge < -0.3 is 13.5 Å². The van der Waals surface area contributed by atoms with Gasteiger partial charge in [0.2, 0.25) is 0 Å². The molecule has 7 nitrogen and oxygen atoms in total. The SMILES string of the molecule is Cn1c(-c2cccs2)nnc1C(S)c1noc(-c2cccc(-c3ccoc3)c2)n1. The van der Waals surface area contributed by atoms with Crippen molar-refractivity contribution in [3.8, 4) is 33.3 Å². The standard InChI is InChI=1S/C20H15N5O2S2/c1-25-18(15-6-3-9-29-15)22-23-19(25)16(28)17-21-20(27-24-17)13-5-2-4-12(10-13)14-7-8-26-11-14/h2-11,16,28H,1H3. The summed E-state index contributed by atoms with van der Waals surface area (Å²) >= 11 is 6.27. The average Bonchev–Trinajstić information content (AvgIpc) is 3.55. The van der Waals surface area contributed by atoms with E-state index in [0.717, 1.165) is 27.4 Å². The van der Waals surface area contributed by atoms with Gasteiger partial charge in [-0.25, -0.2) is 0 Å². The van der Waals surface area contributed by atoms with E-state index in [1.54, 1.807) is 23.9 Å². The van der Waals surface area contributed by atoms with E-state index < -0.39 is 5.25 Å². The summed E-state index contributed by atoms with van der Waals surface area (Å²) in [5, 5.41) is 14.2. The van der Waals surface area contributed by atoms with E-state index in [0.29, 0.717) is 17.5 Å². The van der Waals surface area contributed by atoms with Crippen LogP contribution >= 0.6 is 24.0 Å². The molecule has 0 bridgehead atoms. The zero-order valence-corrected chi connectivity index (χ0v) is 17.0. The smallest absolute Gasteiger partial charge is 0.257 e. The maximum absolute atomic E-state index is 5.50. The zero-order chi connectivity index (χ0) is 19.8. The van der Waals surface area contributed by atoms with E-state index in [1.807, 2.05) is 59.5 Å². The second-order valence-electron chi connectivity index (χ2n) is 6.37. The Morgan fingerprint density at radius 1 is 1.07 bits per heavy atom. The Morgan fingerprint density at radius 3 is 2.76 bits per heavy atom. The summed E-state index contributed by atoms with van der Waals surface area (Å²) in [7, 11) is 1.91. The molecule has 144 valence electrons. The topological polar surface area (TPSA) is 82.8 Å². The van der Waals surface area contributed by atoms with Crippen molar-refractivity contribution in [2.75, 3.05) is 0 Å². The van der Waals surface area contributed by atoms with Crippen molar-refractivity contribution in [2.45, 2.75) is 5.25 Å². The molecule has 5 aromatic rings. The lowest BCUT2D eigenvalue weighted by atomic mass is 10.1. The van der Waals surface area contributed by atoms with Gasteiger partial charge in [-0.1, -0.05) is 23.4 Å². The first-order valence-electron chi connectivity index (χ1n) is 8.78. The molecular formula is C20H15N5O2S2. The van der Waals surface area contributed by atoms with Gasteiger partial charge >= 0.3 is 0 Å². The van der Waals surface area contributed by atoms with Gasteiger partial charge in [-0.2, -0.15) is 17.6 Å². The minimum absolute atomic E-state index is 0.421. The monoisotopic (exact) mass is 421 g/mol. The Morgan fingerprint density at radius 2 is 1.97 bits per heavy atom. The molecule has 0 N–H and O–H groups in total. The van der Waals surface area contributed by atoms with Crippen LogP contribution in [0.4, 0.5) is 0 Å². The largest absolute Gasteiger partial charge is 0.472 e. The van der Waals surface area contributed by atoms with Crippen LogP contribution in [0.15, 0.2) is 69.3 Å². The van der Waals surface area contributed by atoms with Gasteiger partial charge in [-0.3, -0.25) is 0 Å². The number of rotatable bonds is 5. The van der Waals surface area contributed by atoms with Crippen LogP contribution in [0.1, 0.15) is 16.9 Å². The van der Waals surface area contributed by atoms with Crippen LogP contribution in [-0.2, 0) is 7.05 Å². The van der Waals surface area contributed by atoms with Gasteiger partial charge in [0, 0.05) is 18.2 Å². The fraction of sp³-hybridized carbons (Fsp3) is 0.100. The zero-order valence-electron chi connectivity index (χ0n) is 15.3. The molecular weight excluding hydrogens is 406 g/mol. The highest BCUT2D eigenvalue weighted by molar-refractivity contribution is 7.80. The molecule has 5 rings (SSSR count). The summed E-state index contributed by atoms with van der Waals surface area (Å²) in [6.45, 7) is 0. The quantitative estimate of drug-likeness (QED) is 0.408. The van der Waals surface area contributed by atoms with Crippen molar-refractivity contribution in [3.63, 3.8) is 0 Å². The molecule has 1 atom stereocenters. The van der Waals surface area contributed by atoms with Crippen molar-refractivity contribution in [3.05, 3.63) is 72.0 Å². The Bertz CT molecular complexity index is 1240. The summed E-state index contributed by atoms with van der Waals surface area (Å²) < 4.78 is 12.6. The molecule has 0 aliphatic carbocycles. The molecule has 1 unspecified atom stereocenters. The molecule has 0 saturated carbocycles. The second kappa shape index (κ2) is 7.34. The van der Waals surface area contributed by atoms with Gasteiger partial charge in [-0.05, 0) is 35.2 Å². The van der Waals surface area contributed by atoms with Crippen molar-refractivity contribution in [1.82, 2.24) is 24.9 Å². The minimum atomic E-state index is -0.462. The minimum Gasteiger partial charge on any atom is -0.472 e. The third-order valence-corrected chi connectivity index (χ3v) is 5.87. The molecule has 0 aliphatic heterocycles. The molecule has 4 aromatic heterocycles. The predicted molar refractivity (Wildman–Crippen MR) is 113 cm³/mol. The summed E-state index contributed by atoms with van der Waals surface area (Å²) in [5.41, 5.74) is 2.81. The van der Waals surface area contributed by atoms with Crippen LogP contribution in [0.2, 0.25) is 0 Å². The van der Waals surface area contributed by atoms with Crippen LogP contribution in [0.5, 0.6) is 0 Å². The number of aromatic nitrogens is 5. The van der Waals surface area contributed by atoms with Crippen LogP contribution in [0, 0.1) is 0 Å². The average molecular weight is 422 g/mol. The lowest BCUT2D eigenvalue weighted by Crippen LogP contribution is -2.05. The first-order valence-corrected chi connectivity index (χ1v) is 10.2. The van der Waals surface area contributed by atoms with Crippen molar-refractivity contribution < 1.29 is 8.94 Å². The molecule has 9 heteroatoms. The third kappa shape index (κ3) is 3.28. The Hall–Kier alpha value is -3.17. The second-order valence-corrected chi connectivity index (χ2v) is 7.84. The van der Waals surface area contributed by atoms with Gasteiger partial charge in [-0.15, -0.1) is 21.5 Å². The molecule has 0 spiro atoms. The number of hydrogen-bond donors (Lipinski definition) is 1. The molecule has 0 saturated heterocycles. The van der Waals surface area contributed by atoms with E-state index >= 15 is 0 Å². The van der Waals surface area contributed by atoms with E-state index in [9.17, 15) is 0 Å². The highest BCUT2D eigenvalue weighted by Gasteiger charge is 2.24. The molecule has 29 heavy (non-hydrogen) atoms. The highest BCUT2D eigenvalue weighted by atomic mass is 32.1. The van der Waals surface area contributed by atoms with E-state index in [4.69, 9.17) is 8.94 Å². The predicted octanol–water partition coefficient (Wildman–Crippen LogP) is 4.87. The van der Waals surface area contributed by atoms with E-state index in [2.05, 4.69) is 33.0 Å². The number of hydrogen-bond acceptors (Lipinski definition) is 8. The normalized spacial score (nSPS) is 12.3. The lowest BCUT2D eigenvalue weighted by molar-refractivity contribution is 0.423. The Balaban J connectivity index is 1.44. The van der Waals surface area contributed by atoms with Crippen LogP contribution < -0.4 is 0 Å². The summed E-state index contributed by atoms with van der Waals surface area (Å²) in [6, 6.07) is 13.7. The van der Waals surface area contributed by atoms with Crippen LogP contribution in [0.25, 0.3) is 33.3 Å². The third-order valence-electron chi connectivity index (χ3n) is 4.54. The summed E-state index contributed by atoms with van der Waals surface area (Å²) in [6.07, 6.45) is 3.34. The molecule has 0 fully saturated rings. The fourth-order valence-corrected chi connectivity index (χ4v) is 4.11. The van der Waals surface area contributed by atoms with Crippen molar-refractivity contribution in [1.29, 1.82) is 0 Å². The summed E-state index contributed by atoms with van der Waals surface area (Å²) in [4.78, 5) is 5.57. The molecule has 1 aromatic carbocycles. The van der Waals surface area contributed by atoms with Crippen molar-refractivity contribution in [2.24, 2.45) is 7.05 Å². The van der Waals surface area contributed by atoms with Gasteiger partial charge in [0.15, 0.2) is 17.5 Å². The molecule has 0 radical (unpaired) electrons. The van der Waals surface area contributed by atoms with Crippen LogP contribution in [0.3, 0.4) is 0 Å². The molecule has 0 aliphatic rings. The fourth-order valence-electron chi connectivity index (χ4n) is 3.04. The first-order chi connectivity index (χ1) is 14.2. The molecule has 0 amide bonds. The van der Waals surface area contributed by atoms with E-state index in [-0.39, 0.29) is 0 Å². The summed E-state index contributed by atoms with van der Waals surface area (Å²) in [5.74, 6) is 2.29. The van der Waals surface area contributed by atoms with Crippen molar-refractivity contribution >= 4 is 24.0 Å². The maximum atomic E-state index is 5.50. The van der Waals surface area contributed by atoms with Gasteiger partial charge in [0.25, 0.3) is 5.89 Å². The number of thiol groups is 1. The Kier molecular flexibility index (Phi) is 4.53. The number of nitrogens with zero attached hydrogens (tertiary/aromatic N) is 5. The maximum Gasteiger partial charge on any atom is 0.257 e. The number of benzene rings is 1. The first kappa shape index (κ1) is 17.9. The molecule has 4 heterocycles.